The molecule has 7 heteroatoms. The average molecular weight is 296 g/mol. The van der Waals surface area contributed by atoms with Crippen LogP contribution in [-0.2, 0) is 9.53 Å². The van der Waals surface area contributed by atoms with Crippen LogP contribution in [0.3, 0.4) is 0 Å². The van der Waals surface area contributed by atoms with E-state index in [1.807, 2.05) is 0 Å². The second-order valence-corrected chi connectivity index (χ2v) is 4.55. The van der Waals surface area contributed by atoms with E-state index in [-0.39, 0.29) is 12.2 Å². The smallest absolute Gasteiger partial charge is 0.326 e. The van der Waals surface area contributed by atoms with Gasteiger partial charge in [0.15, 0.2) is 0 Å². The molecule has 1 aromatic carbocycles. The number of amides is 2. The molecule has 0 heterocycles. The average Bonchev–Trinajstić information content (AvgIpc) is 2.45. The summed E-state index contributed by atoms with van der Waals surface area (Å²) in [5.74, 6) is -1.06. The van der Waals surface area contributed by atoms with Crippen molar-refractivity contribution >= 4 is 17.7 Å². The Balaban J connectivity index is 2.66. The molecule has 0 aliphatic carbocycles. The number of aliphatic carboxylic acids is 1. The van der Waals surface area contributed by atoms with Crippen LogP contribution in [0.1, 0.15) is 12.8 Å². The number of rotatable bonds is 7. The first-order chi connectivity index (χ1) is 9.95. The van der Waals surface area contributed by atoms with Crippen molar-refractivity contribution in [2.24, 2.45) is 0 Å². The number of nitrogens with zero attached hydrogens (tertiary/aromatic N) is 1. The van der Waals surface area contributed by atoms with Crippen molar-refractivity contribution in [2.75, 3.05) is 25.7 Å². The number of carboxylic acids is 1. The Morgan fingerprint density at radius 2 is 2.14 bits per heavy atom. The van der Waals surface area contributed by atoms with Crippen molar-refractivity contribution in [2.45, 2.75) is 18.9 Å². The molecule has 3 N–H and O–H groups in total. The summed E-state index contributed by atoms with van der Waals surface area (Å²) in [6.07, 6.45) is 0.812. The Hall–Kier alpha value is -2.28. The summed E-state index contributed by atoms with van der Waals surface area (Å²) >= 11 is 0. The van der Waals surface area contributed by atoms with Gasteiger partial charge >= 0.3 is 12.0 Å². The number of methoxy groups -OCH3 is 1. The number of carboxylic acid groups (broad SMARTS) is 1. The van der Waals surface area contributed by atoms with Gasteiger partial charge in [-0.25, -0.2) is 9.59 Å². The molecule has 0 aliphatic heterocycles. The highest BCUT2D eigenvalue weighted by Gasteiger charge is 2.22. The minimum Gasteiger partial charge on any atom is -0.508 e. The van der Waals surface area contributed by atoms with Crippen molar-refractivity contribution in [3.05, 3.63) is 24.3 Å². The Bertz CT molecular complexity index is 492. The monoisotopic (exact) mass is 296 g/mol. The van der Waals surface area contributed by atoms with Gasteiger partial charge in [-0.3, -0.25) is 4.90 Å². The number of urea groups is 1. The lowest BCUT2D eigenvalue weighted by Gasteiger charge is -2.21. The highest BCUT2D eigenvalue weighted by Crippen LogP contribution is 2.18. The number of anilines is 1. The molecule has 1 atom stereocenters. The molecule has 1 unspecified atom stereocenters. The zero-order valence-corrected chi connectivity index (χ0v) is 12.1. The third-order valence-corrected chi connectivity index (χ3v) is 2.96. The van der Waals surface area contributed by atoms with Crippen LogP contribution in [0.4, 0.5) is 10.5 Å². The maximum Gasteiger partial charge on any atom is 0.326 e. The molecule has 1 rings (SSSR count). The lowest BCUT2D eigenvalue weighted by Crippen LogP contribution is -2.46. The van der Waals surface area contributed by atoms with Gasteiger partial charge in [-0.15, -0.1) is 0 Å². The fourth-order valence-electron chi connectivity index (χ4n) is 1.75. The third kappa shape index (κ3) is 5.31. The van der Waals surface area contributed by atoms with Crippen molar-refractivity contribution in [1.29, 1.82) is 0 Å². The number of benzene rings is 1. The van der Waals surface area contributed by atoms with E-state index in [9.17, 15) is 14.7 Å². The predicted molar refractivity (Wildman–Crippen MR) is 77.6 cm³/mol. The van der Waals surface area contributed by atoms with E-state index < -0.39 is 18.0 Å². The second-order valence-electron chi connectivity index (χ2n) is 4.55. The van der Waals surface area contributed by atoms with Crippen molar-refractivity contribution in [1.82, 2.24) is 5.32 Å². The van der Waals surface area contributed by atoms with Crippen LogP contribution in [0.15, 0.2) is 24.3 Å². The highest BCUT2D eigenvalue weighted by molar-refractivity contribution is 5.94. The molecule has 0 bridgehead atoms. The van der Waals surface area contributed by atoms with Gasteiger partial charge in [-0.2, -0.15) is 0 Å². The first-order valence-corrected chi connectivity index (χ1v) is 6.50. The normalized spacial score (nSPS) is 11.7. The van der Waals surface area contributed by atoms with Crippen LogP contribution in [0, 0.1) is 0 Å². The van der Waals surface area contributed by atoms with E-state index in [0.717, 1.165) is 0 Å². The third-order valence-electron chi connectivity index (χ3n) is 2.96. The Labute approximate surface area is 123 Å². The van der Waals surface area contributed by atoms with Crippen LogP contribution in [0.25, 0.3) is 0 Å². The Kier molecular flexibility index (Phi) is 6.48. The molecule has 7 nitrogen and oxygen atoms in total. The number of phenolic OH excluding ortho intramolecular Hbond substituents is 1. The van der Waals surface area contributed by atoms with Gasteiger partial charge in [0, 0.05) is 32.5 Å². The number of hydrogen-bond donors (Lipinski definition) is 3. The number of hydrogen-bond acceptors (Lipinski definition) is 4. The van der Waals surface area contributed by atoms with Crippen LogP contribution in [-0.4, -0.2) is 49.0 Å². The fraction of sp³-hybridized carbons (Fsp3) is 0.429. The van der Waals surface area contributed by atoms with Crippen LogP contribution >= 0.6 is 0 Å². The maximum absolute atomic E-state index is 12.0. The number of nitrogens with one attached hydrogen (secondary N) is 1. The molecule has 0 spiro atoms. The summed E-state index contributed by atoms with van der Waals surface area (Å²) in [7, 11) is 3.03. The number of aromatic hydroxyl groups is 1. The zero-order chi connectivity index (χ0) is 15.8. The molecule has 116 valence electrons. The zero-order valence-electron chi connectivity index (χ0n) is 12.1. The number of carbonyl (C=O) groups is 2. The van der Waals surface area contributed by atoms with Gasteiger partial charge in [-0.1, -0.05) is 6.07 Å². The van der Waals surface area contributed by atoms with Gasteiger partial charge in [0.2, 0.25) is 0 Å². The summed E-state index contributed by atoms with van der Waals surface area (Å²) in [5, 5.41) is 20.9. The second kappa shape index (κ2) is 8.11. The van der Waals surface area contributed by atoms with Gasteiger partial charge in [0.25, 0.3) is 0 Å². The fourth-order valence-corrected chi connectivity index (χ4v) is 1.75. The number of phenols is 1. The Morgan fingerprint density at radius 3 is 2.71 bits per heavy atom. The summed E-state index contributed by atoms with van der Waals surface area (Å²) in [5.41, 5.74) is 0.466. The molecule has 2 amide bonds. The van der Waals surface area contributed by atoms with E-state index >= 15 is 0 Å². The Morgan fingerprint density at radius 1 is 1.43 bits per heavy atom. The van der Waals surface area contributed by atoms with Gasteiger partial charge in [0.05, 0.1) is 0 Å². The highest BCUT2D eigenvalue weighted by atomic mass is 16.5. The molecule has 21 heavy (non-hydrogen) atoms. The SMILES string of the molecule is COCCCC(NC(=O)N(C)c1cccc(O)c1)C(=O)O. The predicted octanol–water partition coefficient (Wildman–Crippen LogP) is 1.42. The lowest BCUT2D eigenvalue weighted by molar-refractivity contribution is -0.139. The molecule has 1 aromatic rings. The minimum atomic E-state index is -1.09. The molecule has 0 aliphatic rings. The van der Waals surface area contributed by atoms with Crippen LogP contribution in [0.5, 0.6) is 5.75 Å². The molecule has 0 saturated heterocycles. The van der Waals surface area contributed by atoms with E-state index in [4.69, 9.17) is 9.84 Å². The summed E-state index contributed by atoms with van der Waals surface area (Å²) in [4.78, 5) is 24.4. The molecule has 0 aromatic heterocycles. The van der Waals surface area contributed by atoms with Gasteiger partial charge < -0.3 is 20.3 Å². The minimum absolute atomic E-state index is 0.0297. The van der Waals surface area contributed by atoms with Crippen molar-refractivity contribution < 1.29 is 24.5 Å². The lowest BCUT2D eigenvalue weighted by atomic mass is 10.1. The van der Waals surface area contributed by atoms with E-state index in [1.54, 1.807) is 12.1 Å². The van der Waals surface area contributed by atoms with E-state index in [1.165, 1.54) is 31.2 Å². The summed E-state index contributed by atoms with van der Waals surface area (Å²) in [6.45, 7) is 0.433. The molecule has 0 radical (unpaired) electrons. The van der Waals surface area contributed by atoms with Crippen molar-refractivity contribution in [3.8, 4) is 5.75 Å². The summed E-state index contributed by atoms with van der Waals surface area (Å²) < 4.78 is 4.86. The van der Waals surface area contributed by atoms with E-state index in [0.29, 0.717) is 18.7 Å². The quantitative estimate of drug-likeness (QED) is 0.661. The number of carbonyl (C=O) groups excluding carboxylic acids is 1. The molecular formula is C14H20N2O5. The number of ether oxygens (including phenoxy) is 1. The first-order valence-electron chi connectivity index (χ1n) is 6.50. The van der Waals surface area contributed by atoms with Crippen molar-refractivity contribution in [3.63, 3.8) is 0 Å². The molecule has 0 saturated carbocycles. The topological polar surface area (TPSA) is 99.1 Å². The molecular weight excluding hydrogens is 276 g/mol. The largest absolute Gasteiger partial charge is 0.508 e. The van der Waals surface area contributed by atoms with Crippen LogP contribution in [0.2, 0.25) is 0 Å². The van der Waals surface area contributed by atoms with Crippen LogP contribution < -0.4 is 10.2 Å². The summed E-state index contributed by atoms with van der Waals surface area (Å²) in [6, 6.07) is 4.61. The standard InChI is InChI=1S/C14H20N2O5/c1-16(10-5-3-6-11(17)9-10)14(20)15-12(13(18)19)7-4-8-21-2/h3,5-6,9,12,17H,4,7-8H2,1-2H3,(H,15,20)(H,18,19). The maximum atomic E-state index is 12.0. The molecule has 0 fully saturated rings. The first kappa shape index (κ1) is 16.8. The van der Waals surface area contributed by atoms with Gasteiger partial charge in [0.1, 0.15) is 11.8 Å². The van der Waals surface area contributed by atoms with E-state index in [2.05, 4.69) is 5.32 Å². The van der Waals surface area contributed by atoms with Gasteiger partial charge in [-0.05, 0) is 25.0 Å².